The van der Waals surface area contributed by atoms with Crippen molar-refractivity contribution in [3.63, 3.8) is 0 Å². The van der Waals surface area contributed by atoms with Gasteiger partial charge in [-0.1, -0.05) is 23.4 Å². The second kappa shape index (κ2) is 8.12. The zero-order valence-electron chi connectivity index (χ0n) is 15.6. The van der Waals surface area contributed by atoms with Gasteiger partial charge in [-0.05, 0) is 49.2 Å². The smallest absolute Gasteiger partial charge is 0.261 e. The van der Waals surface area contributed by atoms with Gasteiger partial charge in [0.1, 0.15) is 17.5 Å². The molecule has 0 unspecified atom stereocenters. The third-order valence-electron chi connectivity index (χ3n) is 4.75. The molecule has 2 heterocycles. The Kier molecular flexibility index (Phi) is 5.23. The summed E-state index contributed by atoms with van der Waals surface area (Å²) >= 11 is 0. The van der Waals surface area contributed by atoms with Gasteiger partial charge in [0.15, 0.2) is 6.61 Å². The van der Waals surface area contributed by atoms with Gasteiger partial charge in [-0.25, -0.2) is 0 Å². The molecule has 7 nitrogen and oxygen atoms in total. The summed E-state index contributed by atoms with van der Waals surface area (Å²) in [5.41, 5.74) is 0.832. The Labute approximate surface area is 162 Å². The average molecular weight is 379 g/mol. The van der Waals surface area contributed by atoms with Crippen molar-refractivity contribution in [1.82, 2.24) is 15.0 Å². The van der Waals surface area contributed by atoms with Crippen LogP contribution in [0.2, 0.25) is 0 Å². The maximum absolute atomic E-state index is 12.6. The maximum atomic E-state index is 12.6. The molecule has 144 valence electrons. The van der Waals surface area contributed by atoms with E-state index in [0.29, 0.717) is 24.0 Å². The van der Waals surface area contributed by atoms with Gasteiger partial charge in [0.2, 0.25) is 11.7 Å². The topological polar surface area (TPSA) is 77.7 Å². The van der Waals surface area contributed by atoms with E-state index in [9.17, 15) is 4.79 Å². The third kappa shape index (κ3) is 3.83. The molecule has 1 aliphatic rings. The molecule has 28 heavy (non-hydrogen) atoms. The molecule has 0 radical (unpaired) electrons. The SMILES string of the molecule is COc1ccc(-c2noc([C@H]3CCCN3C(=O)COc3ccccc3)n2)cc1. The molecule has 1 saturated heterocycles. The number of rotatable bonds is 6. The van der Waals surface area contributed by atoms with E-state index in [0.717, 1.165) is 24.2 Å². The molecule has 0 bridgehead atoms. The lowest BCUT2D eigenvalue weighted by atomic mass is 10.2. The molecule has 1 amide bonds. The number of likely N-dealkylation sites (tertiary alicyclic amines) is 1. The van der Waals surface area contributed by atoms with Crippen molar-refractivity contribution in [2.75, 3.05) is 20.3 Å². The quantitative estimate of drug-likeness (QED) is 0.652. The maximum Gasteiger partial charge on any atom is 0.261 e. The van der Waals surface area contributed by atoms with Crippen molar-refractivity contribution in [3.05, 3.63) is 60.5 Å². The van der Waals surface area contributed by atoms with Crippen LogP contribution in [0.3, 0.4) is 0 Å². The van der Waals surface area contributed by atoms with Crippen LogP contribution in [0.25, 0.3) is 11.4 Å². The van der Waals surface area contributed by atoms with Crippen LogP contribution in [-0.4, -0.2) is 41.2 Å². The molecule has 0 spiro atoms. The predicted molar refractivity (Wildman–Crippen MR) is 102 cm³/mol. The molecule has 1 aliphatic heterocycles. The summed E-state index contributed by atoms with van der Waals surface area (Å²) in [5.74, 6) is 2.30. The molecular formula is C21H21N3O4. The summed E-state index contributed by atoms with van der Waals surface area (Å²) in [5, 5.41) is 4.08. The van der Waals surface area contributed by atoms with E-state index < -0.39 is 0 Å². The molecule has 4 rings (SSSR count). The fourth-order valence-electron chi connectivity index (χ4n) is 3.29. The lowest BCUT2D eigenvalue weighted by Gasteiger charge is -2.21. The Morgan fingerprint density at radius 1 is 1.14 bits per heavy atom. The van der Waals surface area contributed by atoms with Crippen LogP contribution in [0.1, 0.15) is 24.8 Å². The summed E-state index contributed by atoms with van der Waals surface area (Å²) in [6.45, 7) is 0.641. The zero-order valence-corrected chi connectivity index (χ0v) is 15.6. The fraction of sp³-hybridized carbons (Fsp3) is 0.286. The highest BCUT2D eigenvalue weighted by molar-refractivity contribution is 5.78. The molecule has 0 saturated carbocycles. The van der Waals surface area contributed by atoms with E-state index in [1.165, 1.54) is 0 Å². The van der Waals surface area contributed by atoms with Crippen LogP contribution in [-0.2, 0) is 4.79 Å². The van der Waals surface area contributed by atoms with E-state index in [1.54, 1.807) is 12.0 Å². The summed E-state index contributed by atoms with van der Waals surface area (Å²) < 4.78 is 16.2. The van der Waals surface area contributed by atoms with Crippen LogP contribution in [0.4, 0.5) is 0 Å². The van der Waals surface area contributed by atoms with Gasteiger partial charge in [-0.2, -0.15) is 4.98 Å². The van der Waals surface area contributed by atoms with Gasteiger partial charge in [0.05, 0.1) is 7.11 Å². The first-order valence-corrected chi connectivity index (χ1v) is 9.20. The highest BCUT2D eigenvalue weighted by Crippen LogP contribution is 2.32. The minimum absolute atomic E-state index is 0.0139. The number of methoxy groups -OCH3 is 1. The summed E-state index contributed by atoms with van der Waals surface area (Å²) in [6.07, 6.45) is 1.68. The number of carbonyl (C=O) groups excluding carboxylic acids is 1. The number of hydrogen-bond donors (Lipinski definition) is 0. The molecule has 7 heteroatoms. The van der Waals surface area contributed by atoms with Crippen LogP contribution in [0, 0.1) is 0 Å². The standard InChI is InChI=1S/C21H21N3O4/c1-26-16-11-9-15(10-12-16)20-22-21(28-23-20)18-8-5-13-24(18)19(25)14-27-17-6-3-2-4-7-17/h2-4,6-7,9-12,18H,5,8,13-14H2,1H3/t18-/m1/s1. The first kappa shape index (κ1) is 18.0. The molecule has 0 aliphatic carbocycles. The third-order valence-corrected chi connectivity index (χ3v) is 4.75. The molecule has 1 atom stereocenters. The van der Waals surface area contributed by atoms with Gasteiger partial charge < -0.3 is 18.9 Å². The second-order valence-electron chi connectivity index (χ2n) is 6.53. The van der Waals surface area contributed by atoms with Crippen molar-refractivity contribution in [3.8, 4) is 22.9 Å². The van der Waals surface area contributed by atoms with Crippen molar-refractivity contribution in [2.45, 2.75) is 18.9 Å². The average Bonchev–Trinajstić information content (AvgIpc) is 3.42. The monoisotopic (exact) mass is 379 g/mol. The van der Waals surface area contributed by atoms with Crippen molar-refractivity contribution in [1.29, 1.82) is 0 Å². The van der Waals surface area contributed by atoms with E-state index in [-0.39, 0.29) is 18.6 Å². The first-order valence-electron chi connectivity index (χ1n) is 9.20. The summed E-state index contributed by atoms with van der Waals surface area (Å²) in [4.78, 5) is 18.9. The van der Waals surface area contributed by atoms with Gasteiger partial charge in [0, 0.05) is 12.1 Å². The van der Waals surface area contributed by atoms with Gasteiger partial charge in [0.25, 0.3) is 5.91 Å². The number of nitrogens with zero attached hydrogens (tertiary/aromatic N) is 3. The Morgan fingerprint density at radius 3 is 2.68 bits per heavy atom. The number of amides is 1. The zero-order chi connectivity index (χ0) is 19.3. The number of benzene rings is 2. The molecule has 1 fully saturated rings. The Bertz CT molecular complexity index is 924. The van der Waals surface area contributed by atoms with Gasteiger partial charge in [-0.3, -0.25) is 4.79 Å². The largest absolute Gasteiger partial charge is 0.497 e. The van der Waals surface area contributed by atoms with E-state index in [1.807, 2.05) is 54.6 Å². The molecule has 0 N–H and O–H groups in total. The van der Waals surface area contributed by atoms with Crippen LogP contribution in [0.5, 0.6) is 11.5 Å². The fourth-order valence-corrected chi connectivity index (χ4v) is 3.29. The van der Waals surface area contributed by atoms with Crippen LogP contribution in [0.15, 0.2) is 59.1 Å². The highest BCUT2D eigenvalue weighted by atomic mass is 16.5. The number of para-hydroxylation sites is 1. The Balaban J connectivity index is 1.44. The molecule has 2 aromatic carbocycles. The predicted octanol–water partition coefficient (Wildman–Crippen LogP) is 3.49. The van der Waals surface area contributed by atoms with Crippen molar-refractivity contribution in [2.24, 2.45) is 0 Å². The number of hydrogen-bond acceptors (Lipinski definition) is 6. The van der Waals surface area contributed by atoms with E-state index in [2.05, 4.69) is 10.1 Å². The van der Waals surface area contributed by atoms with Crippen molar-refractivity contribution >= 4 is 5.91 Å². The first-order chi connectivity index (χ1) is 13.7. The Morgan fingerprint density at radius 2 is 1.93 bits per heavy atom. The lowest BCUT2D eigenvalue weighted by molar-refractivity contribution is -0.134. The lowest BCUT2D eigenvalue weighted by Crippen LogP contribution is -2.34. The summed E-state index contributed by atoms with van der Waals surface area (Å²) in [7, 11) is 1.62. The molecule has 3 aromatic rings. The van der Waals surface area contributed by atoms with Crippen LogP contribution >= 0.6 is 0 Å². The number of aromatic nitrogens is 2. The highest BCUT2D eigenvalue weighted by Gasteiger charge is 2.34. The van der Waals surface area contributed by atoms with Crippen LogP contribution < -0.4 is 9.47 Å². The number of carbonyl (C=O) groups is 1. The number of ether oxygens (including phenoxy) is 2. The summed E-state index contributed by atoms with van der Waals surface area (Å²) in [6, 6.07) is 16.5. The van der Waals surface area contributed by atoms with Gasteiger partial charge in [-0.15, -0.1) is 0 Å². The van der Waals surface area contributed by atoms with Gasteiger partial charge >= 0.3 is 0 Å². The molecular weight excluding hydrogens is 358 g/mol. The van der Waals surface area contributed by atoms with E-state index in [4.69, 9.17) is 14.0 Å². The van der Waals surface area contributed by atoms with Crippen molar-refractivity contribution < 1.29 is 18.8 Å². The second-order valence-corrected chi connectivity index (χ2v) is 6.53. The van der Waals surface area contributed by atoms with E-state index >= 15 is 0 Å². The minimum Gasteiger partial charge on any atom is -0.497 e. The molecule has 1 aromatic heterocycles. The normalized spacial score (nSPS) is 16.2. The minimum atomic E-state index is -0.216. The Hall–Kier alpha value is -3.35.